The molecule has 0 spiro atoms. The molecule has 0 bridgehead atoms. The Morgan fingerprint density at radius 1 is 1.21 bits per heavy atom. The van der Waals surface area contributed by atoms with Gasteiger partial charge in [-0.25, -0.2) is 9.80 Å². The van der Waals surface area contributed by atoms with Gasteiger partial charge < -0.3 is 13.6 Å². The standard InChI is InChI=1S/C21H17BrN2O5/c1-13-4-6-14(7-5-13)15-11-16(17-3-2-10-27-17)24(23-15)20(25)12-28-21(26)18-8-9-19(22)29-18/h2-10,16H,11-12H2,1H3/t16-/m1/s1. The summed E-state index contributed by atoms with van der Waals surface area (Å²) in [6.45, 7) is 1.55. The van der Waals surface area contributed by atoms with Crippen LogP contribution in [0.15, 0.2) is 73.4 Å². The number of furan rings is 2. The van der Waals surface area contributed by atoms with E-state index in [2.05, 4.69) is 21.0 Å². The van der Waals surface area contributed by atoms with Crippen LogP contribution >= 0.6 is 15.9 Å². The van der Waals surface area contributed by atoms with Crippen LogP contribution < -0.4 is 0 Å². The normalized spacial score (nSPS) is 16.0. The number of benzene rings is 1. The van der Waals surface area contributed by atoms with E-state index in [-0.39, 0.29) is 5.76 Å². The Balaban J connectivity index is 1.52. The second-order valence-electron chi connectivity index (χ2n) is 6.57. The summed E-state index contributed by atoms with van der Waals surface area (Å²) in [6.07, 6.45) is 2.05. The first-order valence-electron chi connectivity index (χ1n) is 8.93. The second-order valence-corrected chi connectivity index (χ2v) is 7.35. The van der Waals surface area contributed by atoms with Crippen molar-refractivity contribution in [2.24, 2.45) is 5.10 Å². The van der Waals surface area contributed by atoms with Crippen molar-refractivity contribution in [2.75, 3.05) is 6.61 Å². The molecule has 2 aromatic heterocycles. The summed E-state index contributed by atoms with van der Waals surface area (Å²) < 4.78 is 16.1. The summed E-state index contributed by atoms with van der Waals surface area (Å²) in [4.78, 5) is 24.8. The van der Waals surface area contributed by atoms with E-state index in [1.807, 2.05) is 31.2 Å². The van der Waals surface area contributed by atoms with Crippen molar-refractivity contribution in [1.82, 2.24) is 5.01 Å². The van der Waals surface area contributed by atoms with Crippen molar-refractivity contribution < 1.29 is 23.2 Å². The second kappa shape index (κ2) is 8.08. The summed E-state index contributed by atoms with van der Waals surface area (Å²) in [6, 6.07) is 14.1. The zero-order valence-corrected chi connectivity index (χ0v) is 17.1. The number of carbonyl (C=O) groups is 2. The fourth-order valence-corrected chi connectivity index (χ4v) is 3.36. The van der Waals surface area contributed by atoms with Crippen molar-refractivity contribution in [1.29, 1.82) is 0 Å². The van der Waals surface area contributed by atoms with Crippen LogP contribution in [0.5, 0.6) is 0 Å². The van der Waals surface area contributed by atoms with Crippen LogP contribution in [0.2, 0.25) is 0 Å². The van der Waals surface area contributed by atoms with Gasteiger partial charge in [-0.15, -0.1) is 0 Å². The van der Waals surface area contributed by atoms with Crippen LogP contribution in [0.4, 0.5) is 0 Å². The average Bonchev–Trinajstić information content (AvgIpc) is 3.46. The molecule has 0 saturated carbocycles. The topological polar surface area (TPSA) is 85.3 Å². The fourth-order valence-electron chi connectivity index (χ4n) is 3.05. The molecule has 1 aliphatic heterocycles. The number of hydrogen-bond acceptors (Lipinski definition) is 6. The van der Waals surface area contributed by atoms with Crippen LogP contribution in [0.25, 0.3) is 0 Å². The number of halogens is 1. The molecule has 0 N–H and O–H groups in total. The molecule has 8 heteroatoms. The van der Waals surface area contributed by atoms with E-state index in [1.165, 1.54) is 11.1 Å². The molecule has 0 radical (unpaired) electrons. The maximum absolute atomic E-state index is 12.8. The molecule has 1 aliphatic rings. The van der Waals surface area contributed by atoms with E-state index in [1.54, 1.807) is 24.5 Å². The Hall–Kier alpha value is -3.13. The molecule has 1 atom stereocenters. The lowest BCUT2D eigenvalue weighted by molar-refractivity contribution is -0.136. The largest absolute Gasteiger partial charge is 0.467 e. The van der Waals surface area contributed by atoms with Gasteiger partial charge in [-0.3, -0.25) is 4.79 Å². The molecular weight excluding hydrogens is 440 g/mol. The third-order valence-corrected chi connectivity index (χ3v) is 4.95. The van der Waals surface area contributed by atoms with E-state index in [0.717, 1.165) is 16.8 Å². The van der Waals surface area contributed by atoms with Crippen LogP contribution in [-0.4, -0.2) is 29.2 Å². The van der Waals surface area contributed by atoms with Crippen molar-refractivity contribution in [3.8, 4) is 0 Å². The Morgan fingerprint density at radius 2 is 2.00 bits per heavy atom. The van der Waals surface area contributed by atoms with Gasteiger partial charge in [0.2, 0.25) is 5.76 Å². The molecular formula is C21H17BrN2O5. The first-order chi connectivity index (χ1) is 14.0. The molecule has 0 fully saturated rings. The minimum atomic E-state index is -0.722. The lowest BCUT2D eigenvalue weighted by Crippen LogP contribution is -2.31. The van der Waals surface area contributed by atoms with E-state index >= 15 is 0 Å². The number of carbonyl (C=O) groups excluding carboxylic acids is 2. The summed E-state index contributed by atoms with van der Waals surface area (Å²) in [5.41, 5.74) is 2.83. The number of aryl methyl sites for hydroxylation is 1. The number of esters is 1. The first kappa shape index (κ1) is 19.2. The van der Waals surface area contributed by atoms with Gasteiger partial charge in [0.15, 0.2) is 11.3 Å². The predicted octanol–water partition coefficient (Wildman–Crippen LogP) is 4.48. The molecule has 29 heavy (non-hydrogen) atoms. The van der Waals surface area contributed by atoms with Crippen molar-refractivity contribution in [3.63, 3.8) is 0 Å². The molecule has 0 saturated heterocycles. The number of hydrazone groups is 1. The van der Waals surface area contributed by atoms with E-state index in [9.17, 15) is 9.59 Å². The van der Waals surface area contributed by atoms with Gasteiger partial charge in [-0.1, -0.05) is 29.8 Å². The highest BCUT2D eigenvalue weighted by Crippen LogP contribution is 2.33. The summed E-state index contributed by atoms with van der Waals surface area (Å²) in [5.74, 6) is -0.545. The maximum atomic E-state index is 12.8. The quantitative estimate of drug-likeness (QED) is 0.528. The Bertz CT molecular complexity index is 1050. The number of nitrogens with zero attached hydrogens (tertiary/aromatic N) is 2. The molecule has 7 nitrogen and oxygen atoms in total. The number of rotatable bonds is 5. The van der Waals surface area contributed by atoms with Gasteiger partial charge in [0.25, 0.3) is 5.91 Å². The van der Waals surface area contributed by atoms with E-state index in [0.29, 0.717) is 16.9 Å². The monoisotopic (exact) mass is 456 g/mol. The highest BCUT2D eigenvalue weighted by molar-refractivity contribution is 9.10. The van der Waals surface area contributed by atoms with Crippen LogP contribution in [-0.2, 0) is 9.53 Å². The van der Waals surface area contributed by atoms with Gasteiger partial charge in [0.05, 0.1) is 12.0 Å². The zero-order valence-electron chi connectivity index (χ0n) is 15.5. The molecule has 3 aromatic rings. The highest BCUT2D eigenvalue weighted by Gasteiger charge is 2.35. The van der Waals surface area contributed by atoms with Gasteiger partial charge in [-0.2, -0.15) is 5.10 Å². The summed E-state index contributed by atoms with van der Waals surface area (Å²) in [5, 5.41) is 5.82. The maximum Gasteiger partial charge on any atom is 0.374 e. The molecule has 1 aromatic carbocycles. The zero-order chi connectivity index (χ0) is 20.4. The molecule has 4 rings (SSSR count). The van der Waals surface area contributed by atoms with Crippen molar-refractivity contribution in [3.05, 3.63) is 82.1 Å². The minimum absolute atomic E-state index is 0.0116. The number of ether oxygens (including phenoxy) is 1. The van der Waals surface area contributed by atoms with Crippen LogP contribution in [0, 0.1) is 6.92 Å². The molecule has 0 unspecified atom stereocenters. The summed E-state index contributed by atoms with van der Waals surface area (Å²) >= 11 is 3.12. The number of amides is 1. The van der Waals surface area contributed by atoms with Gasteiger partial charge in [0, 0.05) is 6.42 Å². The van der Waals surface area contributed by atoms with Crippen molar-refractivity contribution >= 4 is 33.5 Å². The fraction of sp³-hybridized carbons (Fsp3) is 0.190. The Kier molecular flexibility index (Phi) is 5.35. The molecule has 148 valence electrons. The summed E-state index contributed by atoms with van der Waals surface area (Å²) in [7, 11) is 0. The average molecular weight is 457 g/mol. The third-order valence-electron chi connectivity index (χ3n) is 4.52. The highest BCUT2D eigenvalue weighted by atomic mass is 79.9. The smallest absolute Gasteiger partial charge is 0.374 e. The SMILES string of the molecule is Cc1ccc(C2=NN(C(=O)COC(=O)c3ccc(Br)o3)[C@@H](c3ccco3)C2)cc1. The number of hydrogen-bond donors (Lipinski definition) is 0. The van der Waals surface area contributed by atoms with Gasteiger partial charge in [0.1, 0.15) is 11.8 Å². The molecule has 3 heterocycles. The minimum Gasteiger partial charge on any atom is -0.467 e. The Labute approximate surface area is 175 Å². The first-order valence-corrected chi connectivity index (χ1v) is 9.73. The van der Waals surface area contributed by atoms with Crippen LogP contribution in [0.1, 0.15) is 39.9 Å². The van der Waals surface area contributed by atoms with Crippen LogP contribution in [0.3, 0.4) is 0 Å². The van der Waals surface area contributed by atoms with Gasteiger partial charge >= 0.3 is 5.97 Å². The predicted molar refractivity (Wildman–Crippen MR) is 107 cm³/mol. The lowest BCUT2D eigenvalue weighted by atomic mass is 10.0. The molecule has 1 amide bonds. The van der Waals surface area contributed by atoms with Crippen molar-refractivity contribution in [2.45, 2.75) is 19.4 Å². The van der Waals surface area contributed by atoms with Gasteiger partial charge in [-0.05, 0) is 52.7 Å². The Morgan fingerprint density at radius 3 is 2.66 bits per heavy atom. The molecule has 0 aliphatic carbocycles. The van der Waals surface area contributed by atoms with E-state index < -0.39 is 24.5 Å². The lowest BCUT2D eigenvalue weighted by Gasteiger charge is -2.19. The van der Waals surface area contributed by atoms with E-state index in [4.69, 9.17) is 13.6 Å². The third kappa shape index (κ3) is 4.17.